The number of halogens is 1. The molecule has 4 aromatic carbocycles. The van der Waals surface area contributed by atoms with E-state index in [0.29, 0.717) is 98.5 Å². The van der Waals surface area contributed by atoms with Gasteiger partial charge in [0, 0.05) is 86.3 Å². The largest absolute Gasteiger partial charge is 0.524 e. The van der Waals surface area contributed by atoms with E-state index in [0.717, 1.165) is 15.4 Å². The predicted octanol–water partition coefficient (Wildman–Crippen LogP) is 7.82. The van der Waals surface area contributed by atoms with Gasteiger partial charge in [0.2, 0.25) is 23.6 Å². The number of alkyl carbamates (subject to hydrolysis) is 1. The van der Waals surface area contributed by atoms with Crippen molar-refractivity contribution in [3.63, 3.8) is 0 Å². The van der Waals surface area contributed by atoms with E-state index in [1.165, 1.54) is 42.4 Å². The molecule has 500 valence electrons. The molecule has 5 aliphatic rings. The molecule has 4 aliphatic heterocycles. The first-order chi connectivity index (χ1) is 44.4. The van der Waals surface area contributed by atoms with Crippen LogP contribution in [0, 0.1) is 5.41 Å². The van der Waals surface area contributed by atoms with E-state index < -0.39 is 73.0 Å². The second-order valence-electron chi connectivity index (χ2n) is 24.7. The Bertz CT molecular complexity index is 3550. The number of aliphatic hydroxyl groups excluding tert-OH is 1. The number of methoxy groups -OCH3 is 1. The highest BCUT2D eigenvalue weighted by Gasteiger charge is 2.52. The van der Waals surface area contributed by atoms with Crippen molar-refractivity contribution in [2.24, 2.45) is 5.41 Å². The van der Waals surface area contributed by atoms with Gasteiger partial charge in [0.05, 0.1) is 36.7 Å². The molecule has 0 aromatic heterocycles. The van der Waals surface area contributed by atoms with Gasteiger partial charge >= 0.3 is 20.0 Å². The zero-order valence-corrected chi connectivity index (χ0v) is 54.1. The monoisotopic (exact) mass is 1330 g/mol. The number of fused-ring (bicyclic) bond motifs is 5. The molecule has 28 heteroatoms. The van der Waals surface area contributed by atoms with Crippen molar-refractivity contribution in [3.05, 3.63) is 95.6 Å². The first kappa shape index (κ1) is 69.1. The van der Waals surface area contributed by atoms with Crippen LogP contribution in [0.15, 0.2) is 78.9 Å². The molecule has 1 aliphatic carbocycles. The molecule has 9 rings (SSSR count). The summed E-state index contributed by atoms with van der Waals surface area (Å²) in [5.41, 5.74) is -0.00554. The van der Waals surface area contributed by atoms with Crippen molar-refractivity contribution >= 4 is 101 Å². The van der Waals surface area contributed by atoms with E-state index in [2.05, 4.69) is 21.3 Å². The summed E-state index contributed by atoms with van der Waals surface area (Å²) in [5.74, 6) is -2.87. The number of nitrogens with one attached hydrogen (secondary N) is 4. The minimum atomic E-state index is -4.96. The van der Waals surface area contributed by atoms with E-state index in [1.807, 2.05) is 0 Å². The number of rotatable bonds is 28. The molecular formula is C65H80ClN8O18P. The van der Waals surface area contributed by atoms with Crippen molar-refractivity contribution in [3.8, 4) is 17.2 Å². The number of ether oxygens (including phenoxy) is 4. The van der Waals surface area contributed by atoms with Gasteiger partial charge in [-0.25, -0.2) is 19.1 Å². The standard InChI is InChI=1S/C65H80ClN8O18P/c1-64(2,3)91-62(83)68-30-11-8-18-46(70-61(82)65(27-15-28-65)60(81)67-29-10-5-12-31-72-54(76)25-26-55(72)77)57(78)69-42-23-21-40(22-24-42)39-90-63(84)74-48-35-52(51(88-4)34-45(48)58(79)71-32-14-19-47(71)59(74)80)89-33-13-9-20-53(75)73-38-41(37-66)56-44-17-7-6-16-43(44)50(36-49(56)73)92-93(85,86)87/h6-7,16-17,21-26,34-36,41,46-47,59,80H,5,8-15,18-20,27-33,37-39H2,1-4H3,(H,67,81)(H,68,83)(H,69,78)(H,70,82)(H2,85,86,87)/t41-,46+,47+,59?/m1/s1. The summed E-state index contributed by atoms with van der Waals surface area (Å²) < 4.78 is 40.1. The molecular weight excluding hydrogens is 1250 g/mol. The first-order valence-electron chi connectivity index (χ1n) is 31.4. The Kier molecular flexibility index (Phi) is 22.4. The van der Waals surface area contributed by atoms with Crippen LogP contribution in [0.25, 0.3) is 10.8 Å². The Hall–Kier alpha value is -8.29. The van der Waals surface area contributed by atoms with Crippen LogP contribution in [-0.2, 0) is 49.4 Å². The number of unbranched alkanes of at least 4 members (excludes halogenated alkanes) is 4. The van der Waals surface area contributed by atoms with Gasteiger partial charge in [0.15, 0.2) is 17.7 Å². The van der Waals surface area contributed by atoms with Crippen LogP contribution >= 0.6 is 19.4 Å². The van der Waals surface area contributed by atoms with Crippen LogP contribution in [0.2, 0.25) is 0 Å². The zero-order chi connectivity index (χ0) is 66.8. The third kappa shape index (κ3) is 16.6. The number of carbonyl (C=O) groups is 9. The molecule has 0 spiro atoms. The Morgan fingerprint density at radius 3 is 2.18 bits per heavy atom. The Morgan fingerprint density at radius 1 is 0.806 bits per heavy atom. The first-order valence-corrected chi connectivity index (χ1v) is 33.4. The van der Waals surface area contributed by atoms with Crippen molar-refractivity contribution in [2.45, 2.75) is 147 Å². The van der Waals surface area contributed by atoms with Crippen molar-refractivity contribution in [1.82, 2.24) is 25.8 Å². The number of hydrogen-bond donors (Lipinski definition) is 7. The highest BCUT2D eigenvalue weighted by atomic mass is 35.5. The fourth-order valence-corrected chi connectivity index (χ4v) is 12.9. The molecule has 0 bridgehead atoms. The van der Waals surface area contributed by atoms with Gasteiger partial charge in [-0.05, 0) is 133 Å². The second kappa shape index (κ2) is 30.2. The van der Waals surface area contributed by atoms with Crippen molar-refractivity contribution in [2.75, 3.05) is 67.4 Å². The molecule has 7 N–H and O–H groups in total. The quantitative estimate of drug-likeness (QED) is 0.00936. The van der Waals surface area contributed by atoms with E-state index in [9.17, 15) is 62.6 Å². The number of benzene rings is 4. The molecule has 4 atom stereocenters. The van der Waals surface area contributed by atoms with Gasteiger partial charge < -0.3 is 59.6 Å². The summed E-state index contributed by atoms with van der Waals surface area (Å²) in [5, 5.41) is 24.3. The minimum absolute atomic E-state index is 0.00902. The molecule has 4 aromatic rings. The lowest BCUT2D eigenvalue weighted by molar-refractivity contribution is -0.151. The van der Waals surface area contributed by atoms with Crippen LogP contribution in [0.5, 0.6) is 17.2 Å². The predicted molar refractivity (Wildman–Crippen MR) is 342 cm³/mol. The van der Waals surface area contributed by atoms with E-state index >= 15 is 0 Å². The number of nitrogens with zero attached hydrogens (tertiary/aromatic N) is 4. The lowest BCUT2D eigenvalue weighted by atomic mass is 9.67. The van der Waals surface area contributed by atoms with E-state index in [1.54, 1.807) is 74.2 Å². The molecule has 4 heterocycles. The number of imide groups is 1. The van der Waals surface area contributed by atoms with E-state index in [4.69, 9.17) is 35.1 Å². The summed E-state index contributed by atoms with van der Waals surface area (Å²) >= 11 is 6.42. The SMILES string of the molecule is COc1cc2c(cc1OCCCCC(=O)N1C[C@@H](CCl)c3c1cc(OP(=O)(O)O)c1ccccc31)N(C(=O)OCc1ccc(NC(=O)[C@H](CCCCNC(=O)OC(C)(C)C)NC(=O)C3(C(=O)NCCCCCN4C(=O)C=CC4=O)CCC3)cc1)C(O)[C@@H]1CCCN1C2=O. The molecule has 26 nitrogen and oxygen atoms in total. The molecule has 1 saturated heterocycles. The maximum Gasteiger partial charge on any atom is 0.524 e. The summed E-state index contributed by atoms with van der Waals surface area (Å²) in [6.45, 7) is 6.31. The Labute approximate surface area is 543 Å². The molecule has 0 radical (unpaired) electrons. The molecule has 2 fully saturated rings. The van der Waals surface area contributed by atoms with Crippen LogP contribution in [0.3, 0.4) is 0 Å². The number of amides is 9. The van der Waals surface area contributed by atoms with Gasteiger partial charge in [-0.2, -0.15) is 0 Å². The number of aliphatic hydroxyl groups is 1. The van der Waals surface area contributed by atoms with Gasteiger partial charge in [-0.15, -0.1) is 11.6 Å². The molecule has 1 saturated carbocycles. The fraction of sp³-hybridized carbons (Fsp3) is 0.492. The second-order valence-corrected chi connectivity index (χ2v) is 26.2. The van der Waals surface area contributed by atoms with Crippen LogP contribution in [-0.4, -0.2) is 154 Å². The smallest absolute Gasteiger partial charge is 0.493 e. The Balaban J connectivity index is 0.820. The zero-order valence-electron chi connectivity index (χ0n) is 52.5. The topological polar surface area (TPSA) is 339 Å². The van der Waals surface area contributed by atoms with Crippen molar-refractivity contribution in [1.29, 1.82) is 0 Å². The number of phosphoric ester groups is 1. The van der Waals surface area contributed by atoms with Gasteiger partial charge in [0.25, 0.3) is 17.7 Å². The van der Waals surface area contributed by atoms with Crippen molar-refractivity contribution < 1.29 is 86.1 Å². The van der Waals surface area contributed by atoms with Crippen LogP contribution in [0.1, 0.15) is 138 Å². The lowest BCUT2D eigenvalue weighted by Gasteiger charge is -2.39. The maximum absolute atomic E-state index is 14.4. The summed E-state index contributed by atoms with van der Waals surface area (Å²) in [6.07, 6.45) is 4.91. The number of hydrogen-bond acceptors (Lipinski definition) is 16. The lowest BCUT2D eigenvalue weighted by Crippen LogP contribution is -2.58. The fourth-order valence-electron chi connectivity index (χ4n) is 12.2. The van der Waals surface area contributed by atoms with Crippen LogP contribution in [0.4, 0.5) is 26.7 Å². The third-order valence-electron chi connectivity index (χ3n) is 17.1. The van der Waals surface area contributed by atoms with Gasteiger partial charge in [-0.1, -0.05) is 42.8 Å². The third-order valence-corrected chi connectivity index (χ3v) is 17.9. The minimum Gasteiger partial charge on any atom is -0.493 e. The number of phosphoric acid groups is 1. The normalized spacial score (nSPS) is 18.4. The Morgan fingerprint density at radius 2 is 1.51 bits per heavy atom. The molecule has 9 amide bonds. The summed E-state index contributed by atoms with van der Waals surface area (Å²) in [7, 11) is -3.56. The van der Waals surface area contributed by atoms with Crippen LogP contribution < -0.4 is 45.1 Å². The maximum atomic E-state index is 14.4. The number of anilines is 3. The van der Waals surface area contributed by atoms with Gasteiger partial charge in [0.1, 0.15) is 29.4 Å². The van der Waals surface area contributed by atoms with Gasteiger partial charge in [-0.3, -0.25) is 48.2 Å². The highest BCUT2D eigenvalue weighted by molar-refractivity contribution is 7.46. The highest BCUT2D eigenvalue weighted by Crippen LogP contribution is 2.50. The molecule has 93 heavy (non-hydrogen) atoms. The number of carbonyl (C=O) groups excluding carboxylic acids is 9. The average molecular weight is 1330 g/mol. The van der Waals surface area contributed by atoms with E-state index in [-0.39, 0.29) is 123 Å². The molecule has 1 unspecified atom stereocenters. The number of alkyl halides is 1. The summed E-state index contributed by atoms with van der Waals surface area (Å²) in [6, 6.07) is 15.8. The average Bonchev–Trinajstić information content (AvgIpc) is 1.67. The summed E-state index contributed by atoms with van der Waals surface area (Å²) in [4.78, 5) is 145.